The third-order valence-electron chi connectivity index (χ3n) is 10.7. The van der Waals surface area contributed by atoms with E-state index in [1.807, 2.05) is 35.5 Å². The van der Waals surface area contributed by atoms with Gasteiger partial charge < -0.3 is 63.3 Å². The Balaban J connectivity index is 0.887. The number of pyridine rings is 1. The molecule has 1 amide bonds. The first-order valence-electron chi connectivity index (χ1n) is 23.7. The second kappa shape index (κ2) is 32.3. The van der Waals surface area contributed by atoms with Crippen molar-refractivity contribution < 1.29 is 65.3 Å². The number of hydrogen-bond donors (Lipinski definition) is 2. The second-order valence-electron chi connectivity index (χ2n) is 16.1. The van der Waals surface area contributed by atoms with Crippen LogP contribution in [0.2, 0.25) is 0 Å². The normalized spacial score (nSPS) is 13.5. The Bertz CT molecular complexity index is 2180. The first-order chi connectivity index (χ1) is 34.1. The van der Waals surface area contributed by atoms with Gasteiger partial charge in [0, 0.05) is 68.3 Å². The number of likely N-dealkylation sites (N-methyl/N-ethyl adjacent to an activating group) is 1. The van der Waals surface area contributed by atoms with Crippen LogP contribution in [0.4, 0.5) is 18.9 Å². The summed E-state index contributed by atoms with van der Waals surface area (Å²) in [7, 11) is 2.00. The Kier molecular flexibility index (Phi) is 25.9. The average molecular weight is 987 g/mol. The monoisotopic (exact) mass is 986 g/mol. The van der Waals surface area contributed by atoms with Gasteiger partial charge in [-0.2, -0.15) is 13.2 Å². The van der Waals surface area contributed by atoms with Crippen molar-refractivity contribution in [1.29, 1.82) is 0 Å². The lowest BCUT2D eigenvalue weighted by atomic mass is 10.0. The number of anilines is 1. The number of piperazine rings is 1. The van der Waals surface area contributed by atoms with Crippen molar-refractivity contribution in [2.75, 3.05) is 171 Å². The number of carbonyl (C=O) groups is 1. The molecule has 3 heterocycles. The number of hydrogen-bond acceptors (Lipinski definition) is 15. The van der Waals surface area contributed by atoms with E-state index < -0.39 is 17.6 Å². The maximum Gasteiger partial charge on any atom is 0.416 e. The molecule has 2 aromatic carbocycles. The second-order valence-corrected chi connectivity index (χ2v) is 16.1. The number of imidazole rings is 1. The highest BCUT2D eigenvalue weighted by Gasteiger charge is 2.34. The molecule has 17 nitrogen and oxygen atoms in total. The predicted molar refractivity (Wildman–Crippen MR) is 256 cm³/mol. The van der Waals surface area contributed by atoms with Gasteiger partial charge in [-0.1, -0.05) is 18.1 Å². The summed E-state index contributed by atoms with van der Waals surface area (Å²) in [4.78, 5) is 21.9. The molecule has 0 bridgehead atoms. The van der Waals surface area contributed by atoms with Gasteiger partial charge in [-0.25, -0.2) is 4.98 Å². The Morgan fingerprint density at radius 1 is 0.671 bits per heavy atom. The van der Waals surface area contributed by atoms with E-state index in [4.69, 9.17) is 53.1 Å². The van der Waals surface area contributed by atoms with Gasteiger partial charge in [0.25, 0.3) is 5.91 Å². The number of nitrogens with two attached hydrogens (primary N) is 1. The molecule has 4 aromatic rings. The van der Waals surface area contributed by atoms with E-state index in [2.05, 4.69) is 27.0 Å². The number of benzene rings is 2. The molecule has 1 saturated heterocycles. The van der Waals surface area contributed by atoms with E-state index in [0.717, 1.165) is 24.7 Å². The summed E-state index contributed by atoms with van der Waals surface area (Å²) < 4.78 is 99.4. The highest BCUT2D eigenvalue weighted by Crippen LogP contribution is 2.35. The zero-order valence-electron chi connectivity index (χ0n) is 40.4. The summed E-state index contributed by atoms with van der Waals surface area (Å²) >= 11 is 0. The summed E-state index contributed by atoms with van der Waals surface area (Å²) in [6.45, 7) is 14.4. The molecular formula is C50H69F3N6O11. The SMILES string of the molecule is Cc1ccc(C(=O)Nc2ccc(CN3CCN(C)CC3)c(C(F)(F)F)c2)cc1C#Cc1cnc2cc(OCCOCCOCCOCCOCCOCCOCCOCCOCCOCCN)ccn12. The molecule has 0 atom stereocenters. The van der Waals surface area contributed by atoms with E-state index in [1.165, 1.54) is 12.1 Å². The fraction of sp³-hybridized carbons (Fsp3) is 0.560. The van der Waals surface area contributed by atoms with Crippen molar-refractivity contribution in [2.45, 2.75) is 19.6 Å². The number of rotatable bonds is 34. The summed E-state index contributed by atoms with van der Waals surface area (Å²) in [5.74, 6) is 6.33. The molecule has 2 aromatic heterocycles. The molecule has 20 heteroatoms. The van der Waals surface area contributed by atoms with Crippen molar-refractivity contribution >= 4 is 17.2 Å². The van der Waals surface area contributed by atoms with Crippen molar-refractivity contribution in [1.82, 2.24) is 19.2 Å². The van der Waals surface area contributed by atoms with Crippen LogP contribution in [0.5, 0.6) is 5.75 Å². The fourth-order valence-electron chi connectivity index (χ4n) is 6.84. The molecule has 3 N–H and O–H groups in total. The topological polar surface area (TPSA) is 171 Å². The minimum atomic E-state index is -4.57. The number of amides is 1. The average Bonchev–Trinajstić information content (AvgIpc) is 3.76. The lowest BCUT2D eigenvalue weighted by Crippen LogP contribution is -2.44. The highest BCUT2D eigenvalue weighted by molar-refractivity contribution is 6.04. The Hall–Kier alpha value is -4.73. The van der Waals surface area contributed by atoms with Gasteiger partial charge in [0.15, 0.2) is 0 Å². The highest BCUT2D eigenvalue weighted by atomic mass is 19.4. The van der Waals surface area contributed by atoms with Gasteiger partial charge in [-0.15, -0.1) is 0 Å². The summed E-state index contributed by atoms with van der Waals surface area (Å²) in [5, 5.41) is 2.64. The van der Waals surface area contributed by atoms with Crippen LogP contribution in [-0.2, 0) is 55.4 Å². The maximum atomic E-state index is 14.2. The largest absolute Gasteiger partial charge is 0.491 e. The molecule has 386 valence electrons. The zero-order chi connectivity index (χ0) is 49.7. The summed E-state index contributed by atoms with van der Waals surface area (Å²) in [6, 6.07) is 12.6. The van der Waals surface area contributed by atoms with E-state index >= 15 is 0 Å². The standard InChI is InChI=1S/C50H69F3N6O11/c1-40-3-4-42(49(60)56-44-7-5-43(47(36-44)50(51,52)53)39-58-14-12-57(2)13-15-58)35-41(40)6-8-45-38-55-48-37-46(9-11-59(45)48)70-34-33-69-32-31-68-30-29-67-28-27-66-26-25-65-24-23-64-22-21-63-20-19-62-18-17-61-16-10-54/h3-5,7,9,11,35-38H,10,12-34,39,54H2,1-2H3,(H,56,60). The van der Waals surface area contributed by atoms with Crippen LogP contribution in [0, 0.1) is 18.8 Å². The van der Waals surface area contributed by atoms with E-state index in [0.29, 0.717) is 168 Å². The molecule has 0 aliphatic carbocycles. The number of halogens is 3. The van der Waals surface area contributed by atoms with Gasteiger partial charge >= 0.3 is 6.18 Å². The van der Waals surface area contributed by atoms with Crippen LogP contribution in [0.15, 0.2) is 60.9 Å². The van der Waals surface area contributed by atoms with Gasteiger partial charge in [-0.05, 0) is 61.4 Å². The molecule has 1 fully saturated rings. The van der Waals surface area contributed by atoms with E-state index in [1.54, 1.807) is 30.5 Å². The molecule has 5 rings (SSSR count). The number of ether oxygens (including phenoxy) is 10. The number of carbonyl (C=O) groups excluding carboxylic acids is 1. The van der Waals surface area contributed by atoms with Crippen LogP contribution in [-0.4, -0.2) is 190 Å². The first kappa shape index (κ1) is 56.2. The Morgan fingerprint density at radius 2 is 1.20 bits per heavy atom. The van der Waals surface area contributed by atoms with Crippen LogP contribution in [0.1, 0.15) is 38.3 Å². The fourth-order valence-corrected chi connectivity index (χ4v) is 6.84. The van der Waals surface area contributed by atoms with Crippen molar-refractivity contribution in [3.8, 4) is 17.6 Å². The number of aromatic nitrogens is 2. The van der Waals surface area contributed by atoms with Gasteiger partial charge in [-0.3, -0.25) is 14.1 Å². The third-order valence-corrected chi connectivity index (χ3v) is 10.7. The maximum absolute atomic E-state index is 14.2. The molecule has 0 saturated carbocycles. The minimum Gasteiger partial charge on any atom is -0.491 e. The smallest absolute Gasteiger partial charge is 0.416 e. The Morgan fingerprint density at radius 3 is 1.73 bits per heavy atom. The van der Waals surface area contributed by atoms with Crippen LogP contribution in [0.3, 0.4) is 0 Å². The van der Waals surface area contributed by atoms with Crippen LogP contribution < -0.4 is 15.8 Å². The molecule has 0 spiro atoms. The number of nitrogens with zero attached hydrogens (tertiary/aromatic N) is 4. The predicted octanol–water partition coefficient (Wildman–Crippen LogP) is 4.55. The minimum absolute atomic E-state index is 0.0630. The van der Waals surface area contributed by atoms with Crippen molar-refractivity contribution in [3.63, 3.8) is 0 Å². The number of aryl methyl sites for hydroxylation is 1. The van der Waals surface area contributed by atoms with Crippen molar-refractivity contribution in [3.05, 3.63) is 94.4 Å². The van der Waals surface area contributed by atoms with Gasteiger partial charge in [0.2, 0.25) is 0 Å². The molecule has 70 heavy (non-hydrogen) atoms. The molecule has 1 aliphatic rings. The van der Waals surface area contributed by atoms with Crippen LogP contribution >= 0.6 is 0 Å². The Labute approximate surface area is 408 Å². The number of fused-ring (bicyclic) bond motifs is 1. The first-order valence-corrected chi connectivity index (χ1v) is 23.7. The van der Waals surface area contributed by atoms with Crippen molar-refractivity contribution in [2.24, 2.45) is 5.73 Å². The lowest BCUT2D eigenvalue weighted by Gasteiger charge is -2.33. The van der Waals surface area contributed by atoms with E-state index in [9.17, 15) is 18.0 Å². The number of nitrogens with one attached hydrogen (secondary N) is 1. The molecule has 0 radical (unpaired) electrons. The summed E-state index contributed by atoms with van der Waals surface area (Å²) in [5.41, 5.74) is 7.77. The van der Waals surface area contributed by atoms with E-state index in [-0.39, 0.29) is 23.4 Å². The molecule has 0 unspecified atom stereocenters. The van der Waals surface area contributed by atoms with Gasteiger partial charge in [0.05, 0.1) is 131 Å². The van der Waals surface area contributed by atoms with Crippen LogP contribution in [0.25, 0.3) is 5.65 Å². The third kappa shape index (κ3) is 21.3. The van der Waals surface area contributed by atoms with Gasteiger partial charge in [0.1, 0.15) is 23.7 Å². The summed E-state index contributed by atoms with van der Waals surface area (Å²) in [6.07, 6.45) is -1.12. The zero-order valence-corrected chi connectivity index (χ0v) is 40.4. The molecule has 1 aliphatic heterocycles. The quantitative estimate of drug-likeness (QED) is 0.0494. The molecular weight excluding hydrogens is 918 g/mol. The number of alkyl halides is 3. The lowest BCUT2D eigenvalue weighted by molar-refractivity contribution is -0.138.